The van der Waals surface area contributed by atoms with E-state index in [4.69, 9.17) is 17.3 Å². The summed E-state index contributed by atoms with van der Waals surface area (Å²) in [6.07, 6.45) is 0. The second kappa shape index (κ2) is 5.63. The SMILES string of the molecule is Cc1cc(Br)ccc1NS(=O)(=O)c1ccc(Cl)cc1N. The van der Waals surface area contributed by atoms with Crippen LogP contribution in [-0.4, -0.2) is 8.42 Å². The molecule has 0 atom stereocenters. The van der Waals surface area contributed by atoms with E-state index in [2.05, 4.69) is 20.7 Å². The van der Waals surface area contributed by atoms with E-state index < -0.39 is 10.0 Å². The Morgan fingerprint density at radius 1 is 1.20 bits per heavy atom. The first-order chi connectivity index (χ1) is 9.29. The smallest absolute Gasteiger partial charge is 0.263 e. The minimum atomic E-state index is -3.75. The van der Waals surface area contributed by atoms with Crippen molar-refractivity contribution in [3.8, 4) is 0 Å². The van der Waals surface area contributed by atoms with Crippen LogP contribution in [0.25, 0.3) is 0 Å². The number of anilines is 2. The van der Waals surface area contributed by atoms with Crippen molar-refractivity contribution in [1.82, 2.24) is 0 Å². The van der Waals surface area contributed by atoms with Gasteiger partial charge in [-0.25, -0.2) is 8.42 Å². The number of hydrogen-bond donors (Lipinski definition) is 2. The summed E-state index contributed by atoms with van der Waals surface area (Å²) in [6.45, 7) is 1.81. The summed E-state index contributed by atoms with van der Waals surface area (Å²) in [5.74, 6) is 0. The molecule has 0 unspecified atom stereocenters. The largest absolute Gasteiger partial charge is 0.398 e. The molecule has 7 heteroatoms. The Kier molecular flexibility index (Phi) is 4.27. The zero-order valence-corrected chi connectivity index (χ0v) is 13.7. The maximum Gasteiger partial charge on any atom is 0.263 e. The summed E-state index contributed by atoms with van der Waals surface area (Å²) in [4.78, 5) is 0.00391. The van der Waals surface area contributed by atoms with Crippen LogP contribution in [-0.2, 0) is 10.0 Å². The summed E-state index contributed by atoms with van der Waals surface area (Å²) in [5, 5.41) is 0.390. The Balaban J connectivity index is 2.41. The van der Waals surface area contributed by atoms with Gasteiger partial charge in [-0.15, -0.1) is 0 Å². The molecule has 0 aliphatic rings. The van der Waals surface area contributed by atoms with Gasteiger partial charge in [0.05, 0.1) is 11.4 Å². The minimum Gasteiger partial charge on any atom is -0.398 e. The molecule has 0 saturated heterocycles. The lowest BCUT2D eigenvalue weighted by atomic mass is 10.2. The van der Waals surface area contributed by atoms with Gasteiger partial charge < -0.3 is 5.73 Å². The van der Waals surface area contributed by atoms with Crippen molar-refractivity contribution in [2.24, 2.45) is 0 Å². The van der Waals surface area contributed by atoms with Crippen molar-refractivity contribution in [3.05, 3.63) is 51.5 Å². The van der Waals surface area contributed by atoms with Crippen LogP contribution in [0.5, 0.6) is 0 Å². The van der Waals surface area contributed by atoms with Crippen LogP contribution in [0, 0.1) is 6.92 Å². The van der Waals surface area contributed by atoms with Crippen molar-refractivity contribution >= 4 is 48.9 Å². The van der Waals surface area contributed by atoms with Gasteiger partial charge in [0.2, 0.25) is 0 Å². The molecule has 2 aromatic carbocycles. The monoisotopic (exact) mass is 374 g/mol. The van der Waals surface area contributed by atoms with E-state index >= 15 is 0 Å². The topological polar surface area (TPSA) is 72.2 Å². The molecule has 2 aromatic rings. The Hall–Kier alpha value is -1.24. The fourth-order valence-corrected chi connectivity index (χ4v) is 3.61. The third kappa shape index (κ3) is 3.26. The van der Waals surface area contributed by atoms with E-state index in [1.54, 1.807) is 12.1 Å². The first-order valence-corrected chi connectivity index (χ1v) is 8.29. The zero-order valence-electron chi connectivity index (χ0n) is 10.5. The fourth-order valence-electron chi connectivity index (χ4n) is 1.71. The Labute approximate surface area is 131 Å². The van der Waals surface area contributed by atoms with Crippen LogP contribution in [0.1, 0.15) is 5.56 Å². The number of halogens is 2. The molecule has 0 saturated carbocycles. The van der Waals surface area contributed by atoms with Gasteiger partial charge in [0.1, 0.15) is 4.90 Å². The highest BCUT2D eigenvalue weighted by atomic mass is 79.9. The van der Waals surface area contributed by atoms with Crippen LogP contribution in [0.3, 0.4) is 0 Å². The Bertz CT molecular complexity index is 763. The molecule has 0 aromatic heterocycles. The second-order valence-corrected chi connectivity index (χ2v) is 7.25. The van der Waals surface area contributed by atoms with Gasteiger partial charge in [-0.3, -0.25) is 4.72 Å². The number of nitrogen functional groups attached to an aromatic ring is 1. The number of aryl methyl sites for hydroxylation is 1. The maximum absolute atomic E-state index is 12.3. The normalized spacial score (nSPS) is 11.3. The summed E-state index contributed by atoms with van der Waals surface area (Å²) in [7, 11) is -3.75. The van der Waals surface area contributed by atoms with E-state index in [1.165, 1.54) is 18.2 Å². The highest BCUT2D eigenvalue weighted by molar-refractivity contribution is 9.10. The molecule has 2 rings (SSSR count). The Morgan fingerprint density at radius 3 is 2.50 bits per heavy atom. The van der Waals surface area contributed by atoms with Crippen molar-refractivity contribution in [3.63, 3.8) is 0 Å². The lowest BCUT2D eigenvalue weighted by Crippen LogP contribution is -2.15. The van der Waals surface area contributed by atoms with Crippen molar-refractivity contribution in [1.29, 1.82) is 0 Å². The Morgan fingerprint density at radius 2 is 1.90 bits per heavy atom. The molecule has 0 aliphatic carbocycles. The van der Waals surface area contributed by atoms with Crippen LogP contribution in [0.2, 0.25) is 5.02 Å². The first-order valence-electron chi connectivity index (χ1n) is 5.63. The molecule has 0 aliphatic heterocycles. The van der Waals surface area contributed by atoms with Crippen LogP contribution >= 0.6 is 27.5 Å². The summed E-state index contributed by atoms with van der Waals surface area (Å²) >= 11 is 9.10. The number of nitrogens with two attached hydrogens (primary N) is 1. The lowest BCUT2D eigenvalue weighted by molar-refractivity contribution is 0.601. The van der Waals surface area contributed by atoms with E-state index in [0.29, 0.717) is 10.7 Å². The third-order valence-corrected chi connectivity index (χ3v) is 4.86. The van der Waals surface area contributed by atoms with Gasteiger partial charge in [0, 0.05) is 9.50 Å². The number of benzene rings is 2. The van der Waals surface area contributed by atoms with E-state index in [-0.39, 0.29) is 10.6 Å². The first kappa shape index (κ1) is 15.2. The van der Waals surface area contributed by atoms with Gasteiger partial charge in [-0.1, -0.05) is 27.5 Å². The van der Waals surface area contributed by atoms with Crippen molar-refractivity contribution < 1.29 is 8.42 Å². The van der Waals surface area contributed by atoms with Crippen LogP contribution in [0.4, 0.5) is 11.4 Å². The highest BCUT2D eigenvalue weighted by Gasteiger charge is 2.18. The van der Waals surface area contributed by atoms with Crippen LogP contribution < -0.4 is 10.5 Å². The number of rotatable bonds is 3. The van der Waals surface area contributed by atoms with E-state index in [9.17, 15) is 8.42 Å². The third-order valence-electron chi connectivity index (χ3n) is 2.69. The molecule has 0 radical (unpaired) electrons. The molecule has 20 heavy (non-hydrogen) atoms. The van der Waals surface area contributed by atoms with Crippen LogP contribution in [0.15, 0.2) is 45.8 Å². The number of sulfonamides is 1. The van der Waals surface area contributed by atoms with E-state index in [1.807, 2.05) is 13.0 Å². The molecule has 0 heterocycles. The van der Waals surface area contributed by atoms with Crippen molar-refractivity contribution in [2.45, 2.75) is 11.8 Å². The quantitative estimate of drug-likeness (QED) is 0.802. The van der Waals surface area contributed by atoms with E-state index in [0.717, 1.165) is 10.0 Å². The molecule has 4 nitrogen and oxygen atoms in total. The predicted octanol–water partition coefficient (Wildman–Crippen LogP) is 3.79. The minimum absolute atomic E-state index is 0.00391. The van der Waals surface area contributed by atoms with Gasteiger partial charge in [-0.05, 0) is 48.9 Å². The highest BCUT2D eigenvalue weighted by Crippen LogP contribution is 2.27. The predicted molar refractivity (Wildman–Crippen MR) is 85.6 cm³/mol. The lowest BCUT2D eigenvalue weighted by Gasteiger charge is -2.12. The zero-order chi connectivity index (χ0) is 14.9. The number of hydrogen-bond acceptors (Lipinski definition) is 3. The number of nitrogens with one attached hydrogen (secondary N) is 1. The summed E-state index contributed by atoms with van der Waals surface area (Å²) in [6, 6.07) is 9.54. The molecule has 0 fully saturated rings. The average molecular weight is 376 g/mol. The fraction of sp³-hybridized carbons (Fsp3) is 0.0769. The van der Waals surface area contributed by atoms with Gasteiger partial charge >= 0.3 is 0 Å². The molecule has 0 amide bonds. The summed E-state index contributed by atoms with van der Waals surface area (Å²) in [5.41, 5.74) is 7.13. The van der Waals surface area contributed by atoms with Crippen molar-refractivity contribution in [2.75, 3.05) is 10.5 Å². The standard InChI is InChI=1S/C13H12BrClN2O2S/c1-8-6-9(14)2-4-12(8)17-20(18,19)13-5-3-10(15)7-11(13)16/h2-7,17H,16H2,1H3. The molecular weight excluding hydrogens is 364 g/mol. The molecule has 0 bridgehead atoms. The summed E-state index contributed by atoms with van der Waals surface area (Å²) < 4.78 is 28.0. The molecular formula is C13H12BrClN2O2S. The molecule has 3 N–H and O–H groups in total. The van der Waals surface area contributed by atoms with Gasteiger partial charge in [0.25, 0.3) is 10.0 Å². The average Bonchev–Trinajstić information content (AvgIpc) is 2.32. The van der Waals surface area contributed by atoms with Gasteiger partial charge in [0.15, 0.2) is 0 Å². The molecule has 106 valence electrons. The molecule has 0 spiro atoms. The second-order valence-electron chi connectivity index (χ2n) is 4.25. The van der Waals surface area contributed by atoms with Gasteiger partial charge in [-0.2, -0.15) is 0 Å². The maximum atomic E-state index is 12.3.